The van der Waals surface area contributed by atoms with E-state index in [0.717, 1.165) is 31.5 Å². The van der Waals surface area contributed by atoms with Crippen LogP contribution in [0.4, 0.5) is 17.3 Å². The van der Waals surface area contributed by atoms with Crippen LogP contribution in [0, 0.1) is 0 Å². The number of amides is 1. The highest BCUT2D eigenvalue weighted by Crippen LogP contribution is 2.39. The zero-order chi connectivity index (χ0) is 26.2. The molecular formula is C24H24Cl2N6O3S2. The van der Waals surface area contributed by atoms with E-state index in [1.54, 1.807) is 18.2 Å². The molecule has 37 heavy (non-hydrogen) atoms. The number of aromatic nitrogens is 2. The Kier molecular flexibility index (Phi) is 7.62. The number of thioether (sulfide) groups is 1. The maximum Gasteiger partial charge on any atom is 0.263 e. The second-order valence-corrected chi connectivity index (χ2v) is 12.4. The van der Waals surface area contributed by atoms with Crippen LogP contribution in [-0.4, -0.2) is 61.0 Å². The summed E-state index contributed by atoms with van der Waals surface area (Å²) < 4.78 is 25.2. The van der Waals surface area contributed by atoms with Gasteiger partial charge < -0.3 is 5.32 Å². The first-order valence-corrected chi connectivity index (χ1v) is 15.1. The minimum atomic E-state index is -3.20. The normalized spacial score (nSPS) is 15.9. The molecule has 0 atom stereocenters. The molecule has 13 heteroatoms. The van der Waals surface area contributed by atoms with Gasteiger partial charge in [-0.25, -0.2) is 23.1 Å². The molecule has 0 radical (unpaired) electrons. The third-order valence-electron chi connectivity index (χ3n) is 6.11. The van der Waals surface area contributed by atoms with Crippen molar-refractivity contribution in [2.24, 2.45) is 0 Å². The molecule has 0 bridgehead atoms. The van der Waals surface area contributed by atoms with Gasteiger partial charge in [-0.15, -0.1) is 0 Å². The summed E-state index contributed by atoms with van der Waals surface area (Å²) in [5.74, 6) is 0.469. The molecular weight excluding hydrogens is 555 g/mol. The summed E-state index contributed by atoms with van der Waals surface area (Å²) in [5, 5.41) is 4.64. The van der Waals surface area contributed by atoms with Crippen molar-refractivity contribution in [2.45, 2.75) is 18.0 Å². The summed E-state index contributed by atoms with van der Waals surface area (Å²) in [6.07, 6.45) is 3.58. The van der Waals surface area contributed by atoms with E-state index in [2.05, 4.69) is 37.0 Å². The predicted octanol–water partition coefficient (Wildman–Crippen LogP) is 4.14. The van der Waals surface area contributed by atoms with Crippen LogP contribution in [0.5, 0.6) is 0 Å². The minimum Gasteiger partial charge on any atom is -0.324 e. The molecule has 2 aromatic carbocycles. The lowest BCUT2D eigenvalue weighted by atomic mass is 9.99. The Labute approximate surface area is 229 Å². The van der Waals surface area contributed by atoms with Crippen molar-refractivity contribution in [1.29, 1.82) is 0 Å². The summed E-state index contributed by atoms with van der Waals surface area (Å²) >= 11 is 14.0. The average Bonchev–Trinajstić information content (AvgIpc) is 2.84. The van der Waals surface area contributed by atoms with E-state index in [0.29, 0.717) is 51.2 Å². The van der Waals surface area contributed by atoms with Crippen LogP contribution < -0.4 is 14.9 Å². The lowest BCUT2D eigenvalue weighted by molar-refractivity contribution is 0.0985. The lowest BCUT2D eigenvalue weighted by Gasteiger charge is -2.29. The Balaban J connectivity index is 1.28. The van der Waals surface area contributed by atoms with Gasteiger partial charge in [-0.2, -0.15) is 0 Å². The summed E-state index contributed by atoms with van der Waals surface area (Å²) in [4.78, 5) is 25.9. The molecule has 0 aliphatic carbocycles. The fourth-order valence-electron chi connectivity index (χ4n) is 4.33. The molecule has 0 unspecified atom stereocenters. The van der Waals surface area contributed by atoms with Crippen molar-refractivity contribution in [3.8, 4) is 0 Å². The number of nitrogens with one attached hydrogen (secondary N) is 2. The maximum atomic E-state index is 13.2. The molecule has 1 amide bonds. The number of carbonyl (C=O) groups excluding carboxylic acids is 1. The topological polar surface area (TPSA) is 108 Å². The highest BCUT2D eigenvalue weighted by molar-refractivity contribution is 7.99. The molecule has 3 aromatic rings. The fourth-order valence-corrected chi connectivity index (χ4v) is 6.34. The molecule has 5 rings (SSSR count). The highest BCUT2D eigenvalue weighted by atomic mass is 35.5. The van der Waals surface area contributed by atoms with Crippen LogP contribution in [0.3, 0.4) is 0 Å². The van der Waals surface area contributed by atoms with E-state index in [1.807, 2.05) is 6.07 Å². The fraction of sp³-hybridized carbons (Fsp3) is 0.292. The van der Waals surface area contributed by atoms with Gasteiger partial charge in [0.05, 0.1) is 33.4 Å². The van der Waals surface area contributed by atoms with Crippen LogP contribution in [0.2, 0.25) is 10.0 Å². The number of nitrogens with zero attached hydrogens (tertiary/aromatic N) is 4. The molecule has 3 heterocycles. The quantitative estimate of drug-likeness (QED) is 0.403. The Hall–Kier alpha value is -2.41. The third-order valence-corrected chi connectivity index (χ3v) is 8.42. The predicted molar refractivity (Wildman–Crippen MR) is 148 cm³/mol. The van der Waals surface area contributed by atoms with Gasteiger partial charge in [-0.3, -0.25) is 14.6 Å². The van der Waals surface area contributed by atoms with Crippen molar-refractivity contribution in [1.82, 2.24) is 19.6 Å². The summed E-state index contributed by atoms with van der Waals surface area (Å²) in [5.41, 5.74) is 4.15. The number of carbonyl (C=O) groups is 1. The number of benzene rings is 2. The van der Waals surface area contributed by atoms with Gasteiger partial charge in [0, 0.05) is 38.1 Å². The zero-order valence-corrected chi connectivity index (χ0v) is 23.0. The molecule has 9 nitrogen and oxygen atoms in total. The summed E-state index contributed by atoms with van der Waals surface area (Å²) in [7, 11) is -3.20. The van der Waals surface area contributed by atoms with Crippen LogP contribution in [0.1, 0.15) is 21.5 Å². The van der Waals surface area contributed by atoms with E-state index in [4.69, 9.17) is 23.2 Å². The molecule has 0 saturated carbocycles. The maximum absolute atomic E-state index is 13.2. The number of fused-ring (bicyclic) bond motifs is 2. The summed E-state index contributed by atoms with van der Waals surface area (Å²) in [6, 6.07) is 11.3. The Morgan fingerprint density at radius 2 is 1.92 bits per heavy atom. The van der Waals surface area contributed by atoms with Gasteiger partial charge in [0.25, 0.3) is 5.91 Å². The third kappa shape index (κ3) is 6.02. The molecule has 0 fully saturated rings. The van der Waals surface area contributed by atoms with E-state index < -0.39 is 10.0 Å². The Morgan fingerprint density at radius 1 is 1.14 bits per heavy atom. The van der Waals surface area contributed by atoms with Gasteiger partial charge in [-0.1, -0.05) is 47.1 Å². The molecule has 0 spiro atoms. The van der Waals surface area contributed by atoms with E-state index in [9.17, 15) is 13.2 Å². The van der Waals surface area contributed by atoms with Gasteiger partial charge in [0.15, 0.2) is 0 Å². The second kappa shape index (κ2) is 10.8. The Bertz CT molecular complexity index is 1450. The van der Waals surface area contributed by atoms with Gasteiger partial charge in [0.2, 0.25) is 16.0 Å². The molecule has 2 N–H and O–H groups in total. The highest BCUT2D eigenvalue weighted by Gasteiger charge is 2.30. The van der Waals surface area contributed by atoms with Crippen LogP contribution in [-0.2, 0) is 23.0 Å². The molecule has 194 valence electrons. The van der Waals surface area contributed by atoms with Gasteiger partial charge >= 0.3 is 0 Å². The van der Waals surface area contributed by atoms with Crippen molar-refractivity contribution >= 4 is 68.2 Å². The standard InChI is InChI=1S/C24H24Cl2N6O3S2/c1-37(34,35)28-8-10-31-9-7-15-5-6-17(11-16(15)13-31)29-24-27-12-18-22(30-24)36-14-32(23(18)33)21-19(25)3-2-4-20(21)26/h2-6,11-12,28H,7-10,13-14H2,1H3,(H,27,29,30). The van der Waals surface area contributed by atoms with Crippen LogP contribution >= 0.6 is 35.0 Å². The van der Waals surface area contributed by atoms with Crippen molar-refractivity contribution in [3.63, 3.8) is 0 Å². The minimum absolute atomic E-state index is 0.255. The summed E-state index contributed by atoms with van der Waals surface area (Å²) in [6.45, 7) is 2.62. The van der Waals surface area contributed by atoms with Crippen LogP contribution in [0.15, 0.2) is 47.6 Å². The van der Waals surface area contributed by atoms with E-state index >= 15 is 0 Å². The second-order valence-electron chi connectivity index (χ2n) is 8.79. The van der Waals surface area contributed by atoms with Crippen molar-refractivity contribution < 1.29 is 13.2 Å². The first kappa shape index (κ1) is 26.2. The Morgan fingerprint density at radius 3 is 2.68 bits per heavy atom. The van der Waals surface area contributed by atoms with Gasteiger partial charge in [-0.05, 0) is 41.8 Å². The van der Waals surface area contributed by atoms with Crippen molar-refractivity contribution in [2.75, 3.05) is 42.0 Å². The first-order chi connectivity index (χ1) is 17.7. The SMILES string of the molecule is CS(=O)(=O)NCCN1CCc2ccc(Nc3ncc4c(n3)SCN(c3c(Cl)cccc3Cl)C4=O)cc2C1. The number of rotatable bonds is 7. The zero-order valence-electron chi connectivity index (χ0n) is 19.9. The molecule has 2 aliphatic heterocycles. The smallest absolute Gasteiger partial charge is 0.263 e. The number of para-hydroxylation sites is 1. The molecule has 0 saturated heterocycles. The van der Waals surface area contributed by atoms with Crippen molar-refractivity contribution in [3.05, 3.63) is 69.3 Å². The number of anilines is 3. The van der Waals surface area contributed by atoms with Crippen LogP contribution in [0.25, 0.3) is 0 Å². The molecule has 1 aromatic heterocycles. The number of halogens is 2. The molecule has 2 aliphatic rings. The number of hydrogen-bond acceptors (Lipinski definition) is 8. The number of sulfonamides is 1. The first-order valence-electron chi connectivity index (χ1n) is 11.5. The van der Waals surface area contributed by atoms with E-state index in [1.165, 1.54) is 34.0 Å². The average molecular weight is 580 g/mol. The largest absolute Gasteiger partial charge is 0.324 e. The lowest BCUT2D eigenvalue weighted by Crippen LogP contribution is -2.37. The van der Waals surface area contributed by atoms with Gasteiger partial charge in [0.1, 0.15) is 5.03 Å². The number of hydrogen-bond donors (Lipinski definition) is 2. The monoisotopic (exact) mass is 578 g/mol. The van der Waals surface area contributed by atoms with E-state index in [-0.39, 0.29) is 5.91 Å².